The van der Waals surface area contributed by atoms with Gasteiger partial charge in [-0.15, -0.1) is 0 Å². The van der Waals surface area contributed by atoms with Crippen LogP contribution in [0.2, 0.25) is 0 Å². The SMILES string of the molecule is Cc1c(Br)cc(C(=O)CCN)c(C)c1F. The van der Waals surface area contributed by atoms with E-state index >= 15 is 0 Å². The number of hydrogen-bond donors (Lipinski definition) is 1. The average molecular weight is 274 g/mol. The highest BCUT2D eigenvalue weighted by molar-refractivity contribution is 9.10. The van der Waals surface area contributed by atoms with Gasteiger partial charge >= 0.3 is 0 Å². The Kier molecular flexibility index (Phi) is 3.99. The number of halogens is 2. The van der Waals surface area contributed by atoms with Crippen LogP contribution in [-0.4, -0.2) is 12.3 Å². The van der Waals surface area contributed by atoms with Crippen LogP contribution < -0.4 is 5.73 Å². The van der Waals surface area contributed by atoms with Gasteiger partial charge in [-0.1, -0.05) is 15.9 Å². The monoisotopic (exact) mass is 273 g/mol. The van der Waals surface area contributed by atoms with Gasteiger partial charge < -0.3 is 5.73 Å². The molecule has 0 bridgehead atoms. The van der Waals surface area contributed by atoms with Crippen molar-refractivity contribution >= 4 is 21.7 Å². The average Bonchev–Trinajstić information content (AvgIpc) is 2.20. The van der Waals surface area contributed by atoms with Gasteiger partial charge in [-0.3, -0.25) is 4.79 Å². The number of Topliss-reactive ketones (excluding diaryl/α,β-unsaturated/α-hetero) is 1. The van der Waals surface area contributed by atoms with Gasteiger partial charge in [-0.2, -0.15) is 0 Å². The van der Waals surface area contributed by atoms with Gasteiger partial charge in [0.05, 0.1) is 0 Å². The number of rotatable bonds is 3. The van der Waals surface area contributed by atoms with Crippen molar-refractivity contribution in [1.82, 2.24) is 0 Å². The molecular weight excluding hydrogens is 261 g/mol. The molecule has 0 aliphatic carbocycles. The first-order valence-corrected chi connectivity index (χ1v) is 5.46. The fourth-order valence-corrected chi connectivity index (χ4v) is 1.81. The number of ketones is 1. The summed E-state index contributed by atoms with van der Waals surface area (Å²) in [4.78, 5) is 11.6. The van der Waals surface area contributed by atoms with Gasteiger partial charge in [0.25, 0.3) is 0 Å². The topological polar surface area (TPSA) is 43.1 Å². The van der Waals surface area contributed by atoms with E-state index in [1.165, 1.54) is 0 Å². The summed E-state index contributed by atoms with van der Waals surface area (Å²) >= 11 is 3.23. The third-order valence-corrected chi connectivity index (χ3v) is 3.19. The van der Waals surface area contributed by atoms with Crippen molar-refractivity contribution in [2.45, 2.75) is 20.3 Å². The smallest absolute Gasteiger partial charge is 0.164 e. The van der Waals surface area contributed by atoms with E-state index in [2.05, 4.69) is 15.9 Å². The quantitative estimate of drug-likeness (QED) is 0.861. The minimum absolute atomic E-state index is 0.116. The first-order chi connectivity index (χ1) is 6.99. The van der Waals surface area contributed by atoms with Gasteiger partial charge in [-0.05, 0) is 37.6 Å². The molecule has 0 unspecified atom stereocenters. The molecule has 0 fully saturated rings. The molecule has 2 N–H and O–H groups in total. The van der Waals surface area contributed by atoms with E-state index in [9.17, 15) is 9.18 Å². The lowest BCUT2D eigenvalue weighted by atomic mass is 10.00. The molecule has 2 nitrogen and oxygen atoms in total. The zero-order valence-corrected chi connectivity index (χ0v) is 10.3. The van der Waals surface area contributed by atoms with Gasteiger partial charge in [-0.25, -0.2) is 4.39 Å². The molecular formula is C11H13BrFNO. The Morgan fingerprint density at radius 2 is 2.07 bits per heavy atom. The zero-order chi connectivity index (χ0) is 11.6. The zero-order valence-electron chi connectivity index (χ0n) is 8.73. The standard InChI is InChI=1S/C11H13BrFNO/c1-6-8(10(15)3-4-14)5-9(12)7(2)11(6)13/h5H,3-4,14H2,1-2H3. The molecule has 1 aromatic carbocycles. The van der Waals surface area contributed by atoms with Gasteiger partial charge in [0.1, 0.15) is 5.82 Å². The predicted molar refractivity (Wildman–Crippen MR) is 61.6 cm³/mol. The largest absolute Gasteiger partial charge is 0.330 e. The van der Waals surface area contributed by atoms with Crippen LogP contribution in [0.5, 0.6) is 0 Å². The fraction of sp³-hybridized carbons (Fsp3) is 0.364. The second-order valence-electron chi connectivity index (χ2n) is 3.43. The molecule has 4 heteroatoms. The van der Waals surface area contributed by atoms with Crippen LogP contribution in [0.3, 0.4) is 0 Å². The van der Waals surface area contributed by atoms with E-state index in [4.69, 9.17) is 5.73 Å². The molecule has 0 atom stereocenters. The van der Waals surface area contributed by atoms with Crippen LogP contribution in [0.25, 0.3) is 0 Å². The number of nitrogens with two attached hydrogens (primary N) is 1. The van der Waals surface area contributed by atoms with Crippen molar-refractivity contribution in [3.05, 3.63) is 33.0 Å². The number of carbonyl (C=O) groups is 1. The molecule has 1 aromatic rings. The normalized spacial score (nSPS) is 10.5. The lowest BCUT2D eigenvalue weighted by Crippen LogP contribution is -2.11. The molecule has 0 aliphatic heterocycles. The highest BCUT2D eigenvalue weighted by Gasteiger charge is 2.15. The first-order valence-electron chi connectivity index (χ1n) is 4.67. The molecule has 0 saturated heterocycles. The van der Waals surface area contributed by atoms with Crippen molar-refractivity contribution in [3.63, 3.8) is 0 Å². The van der Waals surface area contributed by atoms with Crippen molar-refractivity contribution in [3.8, 4) is 0 Å². The van der Waals surface area contributed by atoms with Crippen LogP contribution >= 0.6 is 15.9 Å². The van der Waals surface area contributed by atoms with Gasteiger partial charge in [0.15, 0.2) is 5.78 Å². The summed E-state index contributed by atoms with van der Waals surface area (Å²) in [6.45, 7) is 3.56. The summed E-state index contributed by atoms with van der Waals surface area (Å²) in [7, 11) is 0. The van der Waals surface area contributed by atoms with Crippen molar-refractivity contribution in [2.24, 2.45) is 5.73 Å². The molecule has 0 aromatic heterocycles. The fourth-order valence-electron chi connectivity index (χ4n) is 1.40. The highest BCUT2D eigenvalue weighted by Crippen LogP contribution is 2.25. The third-order valence-electron chi connectivity index (χ3n) is 2.36. The van der Waals surface area contributed by atoms with Crippen LogP contribution in [0.4, 0.5) is 4.39 Å². The molecule has 0 amide bonds. The molecule has 0 aliphatic rings. The Morgan fingerprint density at radius 1 is 1.47 bits per heavy atom. The number of benzene rings is 1. The van der Waals surface area contributed by atoms with Crippen molar-refractivity contribution < 1.29 is 9.18 Å². The third kappa shape index (κ3) is 2.44. The summed E-state index contributed by atoms with van der Waals surface area (Å²) in [5.74, 6) is -0.445. The van der Waals surface area contributed by atoms with Crippen LogP contribution in [-0.2, 0) is 0 Å². The van der Waals surface area contributed by atoms with E-state index in [1.807, 2.05) is 0 Å². The van der Waals surface area contributed by atoms with Gasteiger partial charge in [0.2, 0.25) is 0 Å². The summed E-state index contributed by atoms with van der Waals surface area (Å²) in [6, 6.07) is 1.66. The van der Waals surface area contributed by atoms with E-state index < -0.39 is 0 Å². The first kappa shape index (κ1) is 12.3. The molecule has 0 heterocycles. The van der Waals surface area contributed by atoms with Crippen LogP contribution in [0.15, 0.2) is 10.5 Å². The summed E-state index contributed by atoms with van der Waals surface area (Å²) < 4.78 is 14.3. The second-order valence-corrected chi connectivity index (χ2v) is 4.29. The summed E-state index contributed by atoms with van der Waals surface area (Å²) in [6.07, 6.45) is 0.246. The molecule has 0 radical (unpaired) electrons. The minimum Gasteiger partial charge on any atom is -0.330 e. The molecule has 0 spiro atoms. The Balaban J connectivity index is 3.26. The lowest BCUT2D eigenvalue weighted by molar-refractivity contribution is 0.0984. The lowest BCUT2D eigenvalue weighted by Gasteiger charge is -2.09. The Labute approximate surface area is 96.8 Å². The van der Waals surface area contributed by atoms with Crippen molar-refractivity contribution in [2.75, 3.05) is 6.54 Å². The molecule has 82 valence electrons. The van der Waals surface area contributed by atoms with E-state index in [0.717, 1.165) is 0 Å². The van der Waals surface area contributed by atoms with Gasteiger partial charge in [0, 0.05) is 16.5 Å². The maximum Gasteiger partial charge on any atom is 0.164 e. The number of carbonyl (C=O) groups excluding carboxylic acids is 1. The Hall–Kier alpha value is -0.740. The summed E-state index contributed by atoms with van der Waals surface area (Å²) in [5, 5.41) is 0. The van der Waals surface area contributed by atoms with Crippen LogP contribution in [0.1, 0.15) is 27.9 Å². The Morgan fingerprint density at radius 3 is 2.60 bits per heavy atom. The molecule has 1 rings (SSSR count). The Bertz CT molecular complexity index is 404. The second kappa shape index (κ2) is 4.86. The van der Waals surface area contributed by atoms with E-state index in [1.54, 1.807) is 19.9 Å². The predicted octanol–water partition coefficient (Wildman–Crippen LogP) is 2.74. The maximum absolute atomic E-state index is 13.6. The minimum atomic E-state index is -0.329. The molecule has 0 saturated carbocycles. The van der Waals surface area contributed by atoms with Crippen molar-refractivity contribution in [1.29, 1.82) is 0 Å². The maximum atomic E-state index is 13.6. The number of hydrogen-bond acceptors (Lipinski definition) is 2. The summed E-state index contributed by atoms with van der Waals surface area (Å²) in [5.41, 5.74) is 6.63. The highest BCUT2D eigenvalue weighted by atomic mass is 79.9. The van der Waals surface area contributed by atoms with Crippen LogP contribution in [0, 0.1) is 19.7 Å². The molecule has 15 heavy (non-hydrogen) atoms. The van der Waals surface area contributed by atoms with E-state index in [0.29, 0.717) is 21.2 Å². The van der Waals surface area contributed by atoms with E-state index in [-0.39, 0.29) is 24.6 Å².